The van der Waals surface area contributed by atoms with Crippen LogP contribution in [0.2, 0.25) is 0 Å². The number of fused-ring (bicyclic) bond motifs is 1. The minimum absolute atomic E-state index is 0.0301. The first kappa shape index (κ1) is 15.3. The van der Waals surface area contributed by atoms with Crippen LogP contribution in [0.1, 0.15) is 11.3 Å². The first-order valence-corrected chi connectivity index (χ1v) is 7.59. The number of carbonyl (C=O) groups is 2. The van der Waals surface area contributed by atoms with Crippen molar-refractivity contribution >= 4 is 11.8 Å². The topological polar surface area (TPSA) is 88.6 Å². The number of carbonyl (C=O) groups excluding carboxylic acids is 2. The Hall–Kier alpha value is -2.60. The number of amides is 2. The van der Waals surface area contributed by atoms with Crippen LogP contribution in [0, 0.1) is 0 Å². The molecular formula is C17H19N3O3. The molecule has 3 N–H and O–H groups in total. The van der Waals surface area contributed by atoms with Gasteiger partial charge in [-0.15, -0.1) is 0 Å². The molecule has 3 rings (SSSR count). The van der Waals surface area contributed by atoms with E-state index in [0.29, 0.717) is 13.1 Å². The van der Waals surface area contributed by atoms with Gasteiger partial charge in [0.15, 0.2) is 0 Å². The zero-order valence-corrected chi connectivity index (χ0v) is 12.7. The van der Waals surface area contributed by atoms with Gasteiger partial charge < -0.3 is 20.4 Å². The Morgan fingerprint density at radius 1 is 1.26 bits per heavy atom. The smallest absolute Gasteiger partial charge is 0.242 e. The van der Waals surface area contributed by atoms with Crippen molar-refractivity contribution in [2.24, 2.45) is 5.73 Å². The molecule has 1 aliphatic rings. The molecule has 0 aliphatic carbocycles. The molecule has 2 amide bonds. The first-order chi connectivity index (χ1) is 11.2. The van der Waals surface area contributed by atoms with E-state index in [0.717, 1.165) is 29.1 Å². The van der Waals surface area contributed by atoms with Crippen LogP contribution >= 0.6 is 0 Å². The molecule has 0 fully saturated rings. The van der Waals surface area contributed by atoms with E-state index < -0.39 is 0 Å². The van der Waals surface area contributed by atoms with E-state index in [1.807, 2.05) is 36.4 Å². The zero-order chi connectivity index (χ0) is 16.2. The van der Waals surface area contributed by atoms with Crippen molar-refractivity contribution in [2.45, 2.75) is 13.0 Å². The van der Waals surface area contributed by atoms with Gasteiger partial charge >= 0.3 is 0 Å². The second kappa shape index (κ2) is 6.66. The molecule has 0 bridgehead atoms. The maximum absolute atomic E-state index is 12.1. The van der Waals surface area contributed by atoms with Crippen molar-refractivity contribution in [2.75, 3.05) is 19.6 Å². The Morgan fingerprint density at radius 3 is 2.78 bits per heavy atom. The fourth-order valence-corrected chi connectivity index (χ4v) is 2.64. The number of hydrogen-bond donors (Lipinski definition) is 2. The Kier molecular flexibility index (Phi) is 4.43. The lowest BCUT2D eigenvalue weighted by Crippen LogP contribution is -2.43. The van der Waals surface area contributed by atoms with E-state index in [4.69, 9.17) is 10.2 Å². The molecule has 2 aromatic rings. The quantitative estimate of drug-likeness (QED) is 0.878. The van der Waals surface area contributed by atoms with Crippen LogP contribution in [0.25, 0.3) is 11.3 Å². The molecule has 0 saturated carbocycles. The van der Waals surface area contributed by atoms with Gasteiger partial charge in [-0.05, 0) is 18.1 Å². The number of nitrogens with one attached hydrogen (secondary N) is 1. The highest BCUT2D eigenvalue weighted by atomic mass is 16.3. The van der Waals surface area contributed by atoms with Gasteiger partial charge in [-0.25, -0.2) is 0 Å². The van der Waals surface area contributed by atoms with E-state index in [9.17, 15) is 9.59 Å². The molecule has 1 aliphatic heterocycles. The first-order valence-electron chi connectivity index (χ1n) is 7.59. The van der Waals surface area contributed by atoms with E-state index in [1.54, 1.807) is 4.90 Å². The Labute approximate surface area is 134 Å². The summed E-state index contributed by atoms with van der Waals surface area (Å²) < 4.78 is 5.92. The lowest BCUT2D eigenvalue weighted by molar-refractivity contribution is -0.133. The SMILES string of the molecule is NCC(=O)NCC(=O)N1CCc2cc(-c3ccccc3)oc2C1. The minimum atomic E-state index is -0.333. The summed E-state index contributed by atoms with van der Waals surface area (Å²) in [5.41, 5.74) is 7.37. The van der Waals surface area contributed by atoms with E-state index in [1.165, 1.54) is 0 Å². The third-order valence-corrected chi connectivity index (χ3v) is 3.92. The maximum atomic E-state index is 12.1. The van der Waals surface area contributed by atoms with Crippen LogP contribution in [0.15, 0.2) is 40.8 Å². The van der Waals surface area contributed by atoms with Gasteiger partial charge in [-0.2, -0.15) is 0 Å². The summed E-state index contributed by atoms with van der Waals surface area (Å²) in [6.07, 6.45) is 0.752. The van der Waals surface area contributed by atoms with E-state index >= 15 is 0 Å². The average molecular weight is 313 g/mol. The Morgan fingerprint density at radius 2 is 2.04 bits per heavy atom. The highest BCUT2D eigenvalue weighted by Gasteiger charge is 2.24. The molecule has 1 aromatic heterocycles. The molecular weight excluding hydrogens is 294 g/mol. The van der Waals surface area contributed by atoms with Crippen LogP contribution in [-0.4, -0.2) is 36.3 Å². The summed E-state index contributed by atoms with van der Waals surface area (Å²) in [5.74, 6) is 1.17. The largest absolute Gasteiger partial charge is 0.459 e. The van der Waals surface area contributed by atoms with Crippen LogP contribution in [0.4, 0.5) is 0 Å². The molecule has 0 saturated heterocycles. The summed E-state index contributed by atoms with van der Waals surface area (Å²) >= 11 is 0. The fourth-order valence-electron chi connectivity index (χ4n) is 2.64. The summed E-state index contributed by atoms with van der Waals surface area (Å²) in [7, 11) is 0. The summed E-state index contributed by atoms with van der Waals surface area (Å²) in [6, 6.07) is 11.9. The van der Waals surface area contributed by atoms with Crippen molar-refractivity contribution in [1.82, 2.24) is 10.2 Å². The van der Waals surface area contributed by atoms with E-state index in [2.05, 4.69) is 5.32 Å². The van der Waals surface area contributed by atoms with Crippen molar-refractivity contribution in [3.8, 4) is 11.3 Å². The Balaban J connectivity index is 1.68. The average Bonchev–Trinajstić information content (AvgIpc) is 3.03. The number of nitrogens with two attached hydrogens (primary N) is 1. The summed E-state index contributed by atoms with van der Waals surface area (Å²) in [6.45, 7) is 0.908. The zero-order valence-electron chi connectivity index (χ0n) is 12.7. The third kappa shape index (κ3) is 3.43. The molecule has 0 atom stereocenters. The van der Waals surface area contributed by atoms with Gasteiger partial charge in [0.2, 0.25) is 11.8 Å². The highest BCUT2D eigenvalue weighted by Crippen LogP contribution is 2.29. The van der Waals surface area contributed by atoms with Gasteiger partial charge in [-0.3, -0.25) is 9.59 Å². The monoisotopic (exact) mass is 313 g/mol. The summed E-state index contributed by atoms with van der Waals surface area (Å²) in [4.78, 5) is 25.0. The second-order valence-electron chi connectivity index (χ2n) is 5.47. The molecule has 23 heavy (non-hydrogen) atoms. The standard InChI is InChI=1S/C17H19N3O3/c18-9-16(21)19-10-17(22)20-7-6-13-8-14(23-15(13)11-20)12-4-2-1-3-5-12/h1-5,8H,6-7,9-11,18H2,(H,19,21). The predicted octanol–water partition coefficient (Wildman–Crippen LogP) is 0.906. The van der Waals surface area contributed by atoms with E-state index in [-0.39, 0.29) is 24.9 Å². The molecule has 6 heteroatoms. The lowest BCUT2D eigenvalue weighted by atomic mass is 10.1. The number of furan rings is 1. The van der Waals surface area contributed by atoms with Crippen LogP contribution in [-0.2, 0) is 22.6 Å². The number of rotatable bonds is 4. The molecule has 0 unspecified atom stereocenters. The van der Waals surface area contributed by atoms with Gasteiger partial charge in [-0.1, -0.05) is 30.3 Å². The van der Waals surface area contributed by atoms with Crippen molar-refractivity contribution in [3.05, 3.63) is 47.7 Å². The number of hydrogen-bond acceptors (Lipinski definition) is 4. The molecule has 1 aromatic carbocycles. The minimum Gasteiger partial charge on any atom is -0.459 e. The third-order valence-electron chi connectivity index (χ3n) is 3.92. The van der Waals surface area contributed by atoms with Crippen molar-refractivity contribution < 1.29 is 14.0 Å². The van der Waals surface area contributed by atoms with Gasteiger partial charge in [0, 0.05) is 12.1 Å². The van der Waals surface area contributed by atoms with Crippen LogP contribution < -0.4 is 11.1 Å². The van der Waals surface area contributed by atoms with Crippen LogP contribution in [0.5, 0.6) is 0 Å². The number of nitrogens with zero attached hydrogens (tertiary/aromatic N) is 1. The molecule has 2 heterocycles. The van der Waals surface area contributed by atoms with Gasteiger partial charge in [0.25, 0.3) is 0 Å². The maximum Gasteiger partial charge on any atom is 0.242 e. The van der Waals surface area contributed by atoms with Gasteiger partial charge in [0.05, 0.1) is 19.6 Å². The molecule has 0 radical (unpaired) electrons. The van der Waals surface area contributed by atoms with Crippen LogP contribution in [0.3, 0.4) is 0 Å². The van der Waals surface area contributed by atoms with Gasteiger partial charge in [0.1, 0.15) is 11.5 Å². The molecule has 120 valence electrons. The predicted molar refractivity (Wildman–Crippen MR) is 85.3 cm³/mol. The van der Waals surface area contributed by atoms with Crippen molar-refractivity contribution in [1.29, 1.82) is 0 Å². The normalized spacial score (nSPS) is 13.5. The lowest BCUT2D eigenvalue weighted by Gasteiger charge is -2.26. The molecule has 6 nitrogen and oxygen atoms in total. The highest BCUT2D eigenvalue weighted by molar-refractivity contribution is 5.85. The van der Waals surface area contributed by atoms with Crippen molar-refractivity contribution in [3.63, 3.8) is 0 Å². The fraction of sp³-hybridized carbons (Fsp3) is 0.294. The summed E-state index contributed by atoms with van der Waals surface area (Å²) in [5, 5.41) is 2.50. The Bertz CT molecular complexity index is 709. The second-order valence-corrected chi connectivity index (χ2v) is 5.47. The number of benzene rings is 1. The molecule has 0 spiro atoms.